The molecule has 1 unspecified atom stereocenters. The van der Waals surface area contributed by atoms with Crippen LogP contribution in [0.25, 0.3) is 11.0 Å². The van der Waals surface area contributed by atoms with Gasteiger partial charge in [-0.3, -0.25) is 9.59 Å². The zero-order valence-electron chi connectivity index (χ0n) is 16.0. The summed E-state index contributed by atoms with van der Waals surface area (Å²) in [5.41, 5.74) is 3.57. The SMILES string of the molecule is COc1ccc2nc(COc3ccc(CC(SC=O)C(C)=O)cc3)n(C)c2c1. The normalized spacial score (nSPS) is 12.0. The maximum atomic E-state index is 11.6. The first-order chi connectivity index (χ1) is 13.5. The van der Waals surface area contributed by atoms with Gasteiger partial charge in [0.05, 0.1) is 23.4 Å². The van der Waals surface area contributed by atoms with Crippen LogP contribution in [0.4, 0.5) is 0 Å². The lowest BCUT2D eigenvalue weighted by atomic mass is 10.1. The summed E-state index contributed by atoms with van der Waals surface area (Å²) in [5.74, 6) is 2.31. The van der Waals surface area contributed by atoms with Crippen LogP contribution in [-0.4, -0.2) is 33.3 Å². The molecule has 7 heteroatoms. The number of nitrogens with zero attached hydrogens (tertiary/aromatic N) is 2. The number of carbonyl (C=O) groups excluding carboxylic acids is 2. The number of hydrogen-bond acceptors (Lipinski definition) is 6. The van der Waals surface area contributed by atoms with Crippen molar-refractivity contribution in [3.8, 4) is 11.5 Å². The fraction of sp³-hybridized carbons (Fsp3) is 0.286. The molecule has 1 heterocycles. The summed E-state index contributed by atoms with van der Waals surface area (Å²) >= 11 is 1.02. The van der Waals surface area contributed by atoms with E-state index in [9.17, 15) is 9.59 Å². The van der Waals surface area contributed by atoms with Crippen molar-refractivity contribution < 1.29 is 19.1 Å². The minimum absolute atomic E-state index is 0.00379. The van der Waals surface area contributed by atoms with Crippen LogP contribution in [0.5, 0.6) is 11.5 Å². The van der Waals surface area contributed by atoms with Gasteiger partial charge in [0.15, 0.2) is 5.62 Å². The molecule has 0 amide bonds. The molecule has 1 atom stereocenters. The van der Waals surface area contributed by atoms with Gasteiger partial charge in [-0.1, -0.05) is 23.9 Å². The molecule has 3 rings (SSSR count). The summed E-state index contributed by atoms with van der Waals surface area (Å²) in [6.45, 7) is 1.84. The van der Waals surface area contributed by atoms with E-state index in [1.165, 1.54) is 6.92 Å². The van der Waals surface area contributed by atoms with Gasteiger partial charge in [0.2, 0.25) is 0 Å². The molecule has 0 aliphatic heterocycles. The minimum atomic E-state index is -0.346. The maximum absolute atomic E-state index is 11.6. The van der Waals surface area contributed by atoms with Crippen molar-refractivity contribution in [2.75, 3.05) is 7.11 Å². The summed E-state index contributed by atoms with van der Waals surface area (Å²) < 4.78 is 13.1. The maximum Gasteiger partial charge on any atom is 0.176 e. The first-order valence-corrected chi connectivity index (χ1v) is 9.76. The smallest absolute Gasteiger partial charge is 0.176 e. The lowest BCUT2D eigenvalue weighted by Crippen LogP contribution is -2.16. The Bertz CT molecular complexity index is 982. The van der Waals surface area contributed by atoms with Gasteiger partial charge in [0.1, 0.15) is 29.7 Å². The Hall–Kier alpha value is -2.80. The Labute approximate surface area is 167 Å². The van der Waals surface area contributed by atoms with E-state index < -0.39 is 0 Å². The van der Waals surface area contributed by atoms with Gasteiger partial charge in [-0.05, 0) is 43.2 Å². The quantitative estimate of drug-likeness (QED) is 0.513. The summed E-state index contributed by atoms with van der Waals surface area (Å²) in [6, 6.07) is 13.3. The average Bonchev–Trinajstić information content (AvgIpc) is 3.02. The van der Waals surface area contributed by atoms with E-state index in [4.69, 9.17) is 9.47 Å². The fourth-order valence-corrected chi connectivity index (χ4v) is 3.53. The molecule has 0 N–H and O–H groups in total. The lowest BCUT2D eigenvalue weighted by Gasteiger charge is -2.11. The second-order valence-electron chi connectivity index (χ2n) is 6.41. The molecule has 2 aromatic carbocycles. The van der Waals surface area contributed by atoms with Crippen molar-refractivity contribution in [3.63, 3.8) is 0 Å². The number of ketones is 1. The largest absolute Gasteiger partial charge is 0.497 e. The molecular formula is C21H22N2O4S. The number of methoxy groups -OCH3 is 1. The van der Waals surface area contributed by atoms with Gasteiger partial charge in [0, 0.05) is 13.1 Å². The first kappa shape index (κ1) is 19.9. The Morgan fingerprint density at radius 2 is 1.93 bits per heavy atom. The monoisotopic (exact) mass is 398 g/mol. The van der Waals surface area contributed by atoms with E-state index in [0.29, 0.717) is 13.0 Å². The number of fused-ring (bicyclic) bond motifs is 1. The number of rotatable bonds is 9. The van der Waals surface area contributed by atoms with Crippen LogP contribution in [-0.2, 0) is 29.7 Å². The van der Waals surface area contributed by atoms with Crippen LogP contribution < -0.4 is 9.47 Å². The predicted octanol–water partition coefficient (Wildman–Crippen LogP) is 3.58. The molecule has 0 bridgehead atoms. The number of ether oxygens (including phenoxy) is 2. The van der Waals surface area contributed by atoms with Crippen LogP contribution >= 0.6 is 11.8 Å². The molecule has 0 aliphatic rings. The van der Waals surface area contributed by atoms with Gasteiger partial charge in [-0.2, -0.15) is 0 Å². The van der Waals surface area contributed by atoms with E-state index in [1.54, 1.807) is 7.11 Å². The van der Waals surface area contributed by atoms with Crippen LogP contribution in [0.1, 0.15) is 18.3 Å². The molecule has 6 nitrogen and oxygen atoms in total. The van der Waals surface area contributed by atoms with Crippen LogP contribution in [0.2, 0.25) is 0 Å². The third-order valence-electron chi connectivity index (χ3n) is 4.57. The highest BCUT2D eigenvalue weighted by Gasteiger charge is 2.15. The molecule has 0 saturated heterocycles. The summed E-state index contributed by atoms with van der Waals surface area (Å²) in [4.78, 5) is 26.9. The second kappa shape index (κ2) is 8.93. The van der Waals surface area contributed by atoms with E-state index in [0.717, 1.165) is 51.3 Å². The third kappa shape index (κ3) is 4.54. The van der Waals surface area contributed by atoms with Crippen molar-refractivity contribution in [3.05, 3.63) is 53.9 Å². The van der Waals surface area contributed by atoms with E-state index >= 15 is 0 Å². The van der Waals surface area contributed by atoms with E-state index in [1.807, 2.05) is 54.1 Å². The zero-order chi connectivity index (χ0) is 20.1. The van der Waals surface area contributed by atoms with Gasteiger partial charge >= 0.3 is 0 Å². The summed E-state index contributed by atoms with van der Waals surface area (Å²) in [5, 5.41) is -0.346. The summed E-state index contributed by atoms with van der Waals surface area (Å²) in [6.07, 6.45) is 0.519. The van der Waals surface area contributed by atoms with Gasteiger partial charge < -0.3 is 14.0 Å². The van der Waals surface area contributed by atoms with Crippen molar-refractivity contribution in [1.29, 1.82) is 0 Å². The molecule has 3 aromatic rings. The van der Waals surface area contributed by atoms with Crippen molar-refractivity contribution in [2.24, 2.45) is 7.05 Å². The van der Waals surface area contributed by atoms with Crippen LogP contribution in [0.3, 0.4) is 0 Å². The van der Waals surface area contributed by atoms with Gasteiger partial charge in [0.25, 0.3) is 0 Å². The molecule has 146 valence electrons. The molecule has 28 heavy (non-hydrogen) atoms. The highest BCUT2D eigenvalue weighted by molar-refractivity contribution is 8.13. The minimum Gasteiger partial charge on any atom is -0.497 e. The summed E-state index contributed by atoms with van der Waals surface area (Å²) in [7, 11) is 3.59. The standard InChI is InChI=1S/C21H22N2O4S/c1-14(25)20(28-13-24)10-15-4-6-16(7-5-15)27-12-21-22-18-9-8-17(26-3)11-19(18)23(21)2/h4-9,11,13,20H,10,12H2,1-3H3. The Morgan fingerprint density at radius 3 is 2.57 bits per heavy atom. The fourth-order valence-electron chi connectivity index (χ4n) is 2.91. The molecule has 0 radical (unpaired) electrons. The van der Waals surface area contributed by atoms with Crippen molar-refractivity contribution in [1.82, 2.24) is 9.55 Å². The van der Waals surface area contributed by atoms with E-state index in [2.05, 4.69) is 4.98 Å². The number of imidazole rings is 1. The zero-order valence-corrected chi connectivity index (χ0v) is 16.9. The topological polar surface area (TPSA) is 70.4 Å². The highest BCUT2D eigenvalue weighted by Crippen LogP contribution is 2.23. The number of Topliss-reactive ketones (excluding diaryl/α,β-unsaturated/α-hetero) is 1. The third-order valence-corrected chi connectivity index (χ3v) is 5.50. The molecular weight excluding hydrogens is 376 g/mol. The van der Waals surface area contributed by atoms with Crippen molar-refractivity contribution >= 4 is 34.2 Å². The number of benzene rings is 2. The van der Waals surface area contributed by atoms with Crippen molar-refractivity contribution in [2.45, 2.75) is 25.2 Å². The Kier molecular flexibility index (Phi) is 6.36. The molecule has 0 fully saturated rings. The molecule has 0 saturated carbocycles. The van der Waals surface area contributed by atoms with E-state index in [-0.39, 0.29) is 11.0 Å². The Morgan fingerprint density at radius 1 is 1.21 bits per heavy atom. The number of hydrogen-bond donors (Lipinski definition) is 0. The number of carbonyl (C=O) groups is 2. The Balaban J connectivity index is 1.66. The van der Waals surface area contributed by atoms with Gasteiger partial charge in [-0.25, -0.2) is 4.98 Å². The molecule has 0 aliphatic carbocycles. The van der Waals surface area contributed by atoms with Crippen LogP contribution in [0, 0.1) is 0 Å². The first-order valence-electron chi connectivity index (χ1n) is 8.82. The second-order valence-corrected chi connectivity index (χ2v) is 7.44. The molecule has 0 spiro atoms. The average molecular weight is 398 g/mol. The highest BCUT2D eigenvalue weighted by atomic mass is 32.2. The van der Waals surface area contributed by atoms with Crippen LogP contribution in [0.15, 0.2) is 42.5 Å². The number of thioether (sulfide) groups is 1. The predicted molar refractivity (Wildman–Crippen MR) is 111 cm³/mol. The number of aryl methyl sites for hydroxylation is 1. The number of aromatic nitrogens is 2. The lowest BCUT2D eigenvalue weighted by molar-refractivity contribution is -0.116. The van der Waals surface area contributed by atoms with Gasteiger partial charge in [-0.15, -0.1) is 0 Å². The molecule has 1 aromatic heterocycles.